The fraction of sp³-hybridized carbons (Fsp3) is 0.500. The van der Waals surface area contributed by atoms with Gasteiger partial charge in [-0.2, -0.15) is 0 Å². The van der Waals surface area contributed by atoms with Gasteiger partial charge in [0, 0.05) is 10.4 Å². The molecule has 2 rings (SSSR count). The molecule has 0 aliphatic heterocycles. The van der Waals surface area contributed by atoms with E-state index >= 15 is 0 Å². The van der Waals surface area contributed by atoms with Crippen LogP contribution in [0, 0.1) is 5.92 Å². The number of hydrogen-bond acceptors (Lipinski definition) is 2. The first kappa shape index (κ1) is 15.5. The van der Waals surface area contributed by atoms with E-state index in [1.165, 1.54) is 19.3 Å². The maximum absolute atomic E-state index is 12.1. The lowest BCUT2D eigenvalue weighted by atomic mass is 9.86. The van der Waals surface area contributed by atoms with Crippen molar-refractivity contribution >= 4 is 53.6 Å². The predicted molar refractivity (Wildman–Crippen MR) is 86.6 cm³/mol. The van der Waals surface area contributed by atoms with Crippen LogP contribution in [0.4, 0.5) is 0 Å². The maximum Gasteiger partial charge on any atom is 0.173 e. The summed E-state index contributed by atoms with van der Waals surface area (Å²) in [5, 5.41) is 0. The third-order valence-electron chi connectivity index (χ3n) is 3.38. The van der Waals surface area contributed by atoms with Gasteiger partial charge in [-0.3, -0.25) is 4.79 Å². The van der Waals surface area contributed by atoms with Gasteiger partial charge < -0.3 is 4.74 Å². The number of Topliss-reactive ketones (excluding diaryl/α,β-unsaturated/α-hetero) is 1. The fourth-order valence-corrected chi connectivity index (χ4v) is 4.84. The van der Waals surface area contributed by atoms with Gasteiger partial charge in [0.2, 0.25) is 0 Å². The van der Waals surface area contributed by atoms with Crippen molar-refractivity contribution in [2.45, 2.75) is 32.1 Å². The maximum atomic E-state index is 12.1. The molecule has 5 heteroatoms. The van der Waals surface area contributed by atoms with E-state index in [4.69, 9.17) is 4.74 Å². The summed E-state index contributed by atoms with van der Waals surface area (Å²) in [5.41, 5.74) is 0. The molecule has 1 aromatic carbocycles. The number of benzene rings is 1. The molecule has 0 spiro atoms. The van der Waals surface area contributed by atoms with Gasteiger partial charge >= 0.3 is 0 Å². The molecule has 0 radical (unpaired) electrons. The van der Waals surface area contributed by atoms with Crippen LogP contribution in [0.1, 0.15) is 32.1 Å². The lowest BCUT2D eigenvalue weighted by Gasteiger charge is -2.20. The van der Waals surface area contributed by atoms with Gasteiger partial charge in [0.25, 0.3) is 0 Å². The molecule has 1 saturated carbocycles. The summed E-state index contributed by atoms with van der Waals surface area (Å²) in [7, 11) is 0. The molecule has 0 heterocycles. The van der Waals surface area contributed by atoms with Gasteiger partial charge in [0.05, 0.1) is 8.95 Å². The molecule has 2 nitrogen and oxygen atoms in total. The largest absolute Gasteiger partial charge is 0.483 e. The molecular weight excluding hydrogens is 440 g/mol. The summed E-state index contributed by atoms with van der Waals surface area (Å²) in [6.45, 7) is 0.156. The van der Waals surface area contributed by atoms with Gasteiger partial charge in [0.1, 0.15) is 12.4 Å². The molecule has 0 amide bonds. The molecule has 1 aliphatic carbocycles. The third-order valence-corrected chi connectivity index (χ3v) is 5.02. The molecule has 1 aliphatic rings. The third kappa shape index (κ3) is 4.30. The SMILES string of the molecule is O=C(COc1c(Br)cc(Br)cc1Br)C1CCCCC1. The van der Waals surface area contributed by atoms with Gasteiger partial charge in [-0.05, 0) is 56.8 Å². The Kier molecular flexibility index (Phi) is 5.90. The van der Waals surface area contributed by atoms with E-state index in [9.17, 15) is 4.79 Å². The monoisotopic (exact) mass is 452 g/mol. The zero-order chi connectivity index (χ0) is 13.8. The van der Waals surface area contributed by atoms with E-state index in [0.29, 0.717) is 5.75 Å². The summed E-state index contributed by atoms with van der Waals surface area (Å²) < 4.78 is 8.31. The number of carbonyl (C=O) groups is 1. The van der Waals surface area contributed by atoms with Crippen LogP contribution < -0.4 is 4.74 Å². The molecular formula is C14H15Br3O2. The number of ether oxygens (including phenoxy) is 1. The van der Waals surface area contributed by atoms with Gasteiger partial charge in [0.15, 0.2) is 5.78 Å². The Hall–Kier alpha value is 0.130. The summed E-state index contributed by atoms with van der Waals surface area (Å²) in [4.78, 5) is 12.1. The molecule has 0 atom stereocenters. The Morgan fingerprint density at radius 3 is 2.26 bits per heavy atom. The molecule has 0 unspecified atom stereocenters. The molecule has 19 heavy (non-hydrogen) atoms. The Morgan fingerprint density at radius 1 is 1.11 bits per heavy atom. The summed E-state index contributed by atoms with van der Waals surface area (Å²) in [6, 6.07) is 3.82. The first-order valence-corrected chi connectivity index (χ1v) is 8.76. The van der Waals surface area contributed by atoms with Gasteiger partial charge in [-0.1, -0.05) is 35.2 Å². The molecule has 1 aromatic rings. The molecule has 0 N–H and O–H groups in total. The zero-order valence-corrected chi connectivity index (χ0v) is 15.2. The van der Waals surface area contributed by atoms with Crippen molar-refractivity contribution in [3.05, 3.63) is 25.6 Å². The first-order valence-electron chi connectivity index (χ1n) is 6.38. The van der Waals surface area contributed by atoms with Crippen LogP contribution in [-0.4, -0.2) is 12.4 Å². The number of hydrogen-bond donors (Lipinski definition) is 0. The summed E-state index contributed by atoms with van der Waals surface area (Å²) >= 11 is 10.3. The van der Waals surface area contributed by atoms with E-state index in [2.05, 4.69) is 47.8 Å². The van der Waals surface area contributed by atoms with E-state index in [1.807, 2.05) is 12.1 Å². The Morgan fingerprint density at radius 2 is 1.68 bits per heavy atom. The van der Waals surface area contributed by atoms with Crippen molar-refractivity contribution in [2.75, 3.05) is 6.61 Å². The van der Waals surface area contributed by atoms with E-state index in [-0.39, 0.29) is 18.3 Å². The van der Waals surface area contributed by atoms with Crippen molar-refractivity contribution in [3.63, 3.8) is 0 Å². The second-order valence-corrected chi connectivity index (χ2v) is 7.41. The van der Waals surface area contributed by atoms with Crippen molar-refractivity contribution in [1.29, 1.82) is 0 Å². The van der Waals surface area contributed by atoms with Crippen LogP contribution in [0.2, 0.25) is 0 Å². The van der Waals surface area contributed by atoms with Crippen LogP contribution in [0.3, 0.4) is 0 Å². The predicted octanol–water partition coefficient (Wildman–Crippen LogP) is 5.50. The smallest absolute Gasteiger partial charge is 0.173 e. The van der Waals surface area contributed by atoms with Crippen LogP contribution in [0.5, 0.6) is 5.75 Å². The van der Waals surface area contributed by atoms with Crippen molar-refractivity contribution in [3.8, 4) is 5.75 Å². The zero-order valence-electron chi connectivity index (χ0n) is 10.4. The number of ketones is 1. The van der Waals surface area contributed by atoms with E-state index < -0.39 is 0 Å². The van der Waals surface area contributed by atoms with Gasteiger partial charge in [-0.15, -0.1) is 0 Å². The summed E-state index contributed by atoms with van der Waals surface area (Å²) in [5.74, 6) is 1.11. The minimum atomic E-state index is 0.156. The summed E-state index contributed by atoms with van der Waals surface area (Å²) in [6.07, 6.45) is 5.63. The van der Waals surface area contributed by atoms with Crippen molar-refractivity contribution in [1.82, 2.24) is 0 Å². The molecule has 104 valence electrons. The second-order valence-electron chi connectivity index (χ2n) is 4.79. The standard InChI is InChI=1S/C14H15Br3O2/c15-10-6-11(16)14(12(17)7-10)19-8-13(18)9-4-2-1-3-5-9/h6-7,9H,1-5,8H2. The molecule has 1 fully saturated rings. The first-order chi connectivity index (χ1) is 9.08. The average Bonchev–Trinajstić information content (AvgIpc) is 2.38. The molecule has 0 aromatic heterocycles. The normalized spacial score (nSPS) is 16.4. The number of rotatable bonds is 4. The quantitative estimate of drug-likeness (QED) is 0.600. The molecule has 0 bridgehead atoms. The minimum absolute atomic E-state index is 0.156. The van der Waals surface area contributed by atoms with Crippen molar-refractivity contribution < 1.29 is 9.53 Å². The van der Waals surface area contributed by atoms with Crippen LogP contribution in [-0.2, 0) is 4.79 Å². The van der Waals surface area contributed by atoms with Crippen LogP contribution in [0.25, 0.3) is 0 Å². The highest BCUT2D eigenvalue weighted by molar-refractivity contribution is 9.11. The Labute approximate surface area is 138 Å². The Bertz CT molecular complexity index is 445. The highest BCUT2D eigenvalue weighted by Gasteiger charge is 2.22. The minimum Gasteiger partial charge on any atom is -0.483 e. The topological polar surface area (TPSA) is 26.3 Å². The van der Waals surface area contributed by atoms with Crippen LogP contribution >= 0.6 is 47.8 Å². The highest BCUT2D eigenvalue weighted by Crippen LogP contribution is 2.36. The van der Waals surface area contributed by atoms with E-state index in [1.54, 1.807) is 0 Å². The Balaban J connectivity index is 1.96. The van der Waals surface area contributed by atoms with E-state index in [0.717, 1.165) is 26.3 Å². The van der Waals surface area contributed by atoms with Gasteiger partial charge in [-0.25, -0.2) is 0 Å². The average molecular weight is 455 g/mol. The highest BCUT2D eigenvalue weighted by atomic mass is 79.9. The van der Waals surface area contributed by atoms with Crippen molar-refractivity contribution in [2.24, 2.45) is 5.92 Å². The number of halogens is 3. The fourth-order valence-electron chi connectivity index (χ4n) is 2.35. The second kappa shape index (κ2) is 7.23. The number of carbonyl (C=O) groups excluding carboxylic acids is 1. The lowest BCUT2D eigenvalue weighted by Crippen LogP contribution is -2.23. The lowest BCUT2D eigenvalue weighted by molar-refractivity contribution is -0.125. The van der Waals surface area contributed by atoms with Crippen LogP contribution in [0.15, 0.2) is 25.6 Å². The molecule has 0 saturated heterocycles.